The smallest absolute Gasteiger partial charge is 0.305 e. The summed E-state index contributed by atoms with van der Waals surface area (Å²) in [6.07, 6.45) is 5.45. The molecule has 0 radical (unpaired) electrons. The van der Waals surface area contributed by atoms with Crippen LogP contribution in [0.1, 0.15) is 70.5 Å². The molecule has 0 saturated carbocycles. The van der Waals surface area contributed by atoms with Gasteiger partial charge in [0.2, 0.25) is 0 Å². The standard InChI is InChI=1S/C31H39N5O3/c1-4-7-23-18-21(11-14-26-15-13-22-10-6-17-33-30(22)34-26)12-16-27(23)36(32)28(20-29(37)38)24-8-5-9-25(19-24)31(39)35(2)3/h5,8-9,12-13,15-16,18-19,28H,4,6-7,10-11,14,17,20,32H2,1-3H3,(H,33,34)(H,37,38). The Kier molecular flexibility index (Phi) is 9.19. The molecule has 1 amide bonds. The first-order valence-electron chi connectivity index (χ1n) is 13.7. The highest BCUT2D eigenvalue weighted by Gasteiger charge is 2.25. The Morgan fingerprint density at radius 2 is 1.90 bits per heavy atom. The van der Waals surface area contributed by atoms with E-state index >= 15 is 0 Å². The second-order valence-corrected chi connectivity index (χ2v) is 10.4. The number of rotatable bonds is 11. The second kappa shape index (κ2) is 12.8. The quantitative estimate of drug-likeness (QED) is 0.242. The fourth-order valence-corrected chi connectivity index (χ4v) is 5.14. The van der Waals surface area contributed by atoms with Gasteiger partial charge >= 0.3 is 5.97 Å². The predicted molar refractivity (Wildman–Crippen MR) is 155 cm³/mol. The number of anilines is 2. The van der Waals surface area contributed by atoms with Crippen LogP contribution in [-0.2, 0) is 30.5 Å². The summed E-state index contributed by atoms with van der Waals surface area (Å²) >= 11 is 0. The van der Waals surface area contributed by atoms with Gasteiger partial charge in [0.1, 0.15) is 5.82 Å². The van der Waals surface area contributed by atoms with Crippen molar-refractivity contribution in [3.8, 4) is 0 Å². The molecule has 0 saturated heterocycles. The van der Waals surface area contributed by atoms with Gasteiger partial charge in [0, 0.05) is 31.9 Å². The van der Waals surface area contributed by atoms with E-state index in [2.05, 4.69) is 36.5 Å². The number of hydrazine groups is 1. The second-order valence-electron chi connectivity index (χ2n) is 10.4. The lowest BCUT2D eigenvalue weighted by atomic mass is 9.96. The lowest BCUT2D eigenvalue weighted by Gasteiger charge is -2.31. The molecule has 39 heavy (non-hydrogen) atoms. The normalized spacial score (nSPS) is 13.2. The van der Waals surface area contributed by atoms with E-state index in [1.165, 1.54) is 16.0 Å². The van der Waals surface area contributed by atoms with Crippen molar-refractivity contribution in [1.29, 1.82) is 0 Å². The highest BCUT2D eigenvalue weighted by atomic mass is 16.4. The third-order valence-electron chi connectivity index (χ3n) is 7.19. The molecule has 206 valence electrons. The van der Waals surface area contributed by atoms with E-state index in [1.807, 2.05) is 12.1 Å². The number of aliphatic carboxylic acids is 1. The number of carbonyl (C=O) groups excluding carboxylic acids is 1. The van der Waals surface area contributed by atoms with Gasteiger partial charge < -0.3 is 20.3 Å². The van der Waals surface area contributed by atoms with Crippen molar-refractivity contribution in [2.24, 2.45) is 5.84 Å². The van der Waals surface area contributed by atoms with Crippen molar-refractivity contribution in [2.45, 2.75) is 57.9 Å². The summed E-state index contributed by atoms with van der Waals surface area (Å²) in [7, 11) is 3.38. The van der Waals surface area contributed by atoms with Crippen molar-refractivity contribution in [2.75, 3.05) is 31.0 Å². The van der Waals surface area contributed by atoms with Gasteiger partial charge in [0.05, 0.1) is 18.2 Å². The zero-order valence-electron chi connectivity index (χ0n) is 23.1. The van der Waals surface area contributed by atoms with Gasteiger partial charge in [-0.1, -0.05) is 43.7 Å². The summed E-state index contributed by atoms with van der Waals surface area (Å²) in [5.41, 5.74) is 6.60. The molecule has 1 aromatic heterocycles. The van der Waals surface area contributed by atoms with Gasteiger partial charge in [0.15, 0.2) is 0 Å². The molecule has 0 spiro atoms. The number of nitrogens with two attached hydrogens (primary N) is 1. The molecule has 2 heterocycles. The molecular formula is C31H39N5O3. The zero-order chi connectivity index (χ0) is 27.9. The van der Waals surface area contributed by atoms with Crippen LogP contribution < -0.4 is 16.2 Å². The predicted octanol–water partition coefficient (Wildman–Crippen LogP) is 4.78. The monoisotopic (exact) mass is 529 g/mol. The molecule has 8 heteroatoms. The van der Waals surface area contributed by atoms with Crippen LogP contribution in [0.25, 0.3) is 0 Å². The highest BCUT2D eigenvalue weighted by molar-refractivity contribution is 5.94. The molecule has 1 aliphatic rings. The topological polar surface area (TPSA) is 112 Å². The van der Waals surface area contributed by atoms with Gasteiger partial charge in [-0.3, -0.25) is 9.59 Å². The zero-order valence-corrected chi connectivity index (χ0v) is 23.1. The number of aryl methyl sites for hydroxylation is 4. The number of nitrogens with one attached hydrogen (secondary N) is 1. The average molecular weight is 530 g/mol. The minimum atomic E-state index is -0.958. The molecule has 0 fully saturated rings. The maximum Gasteiger partial charge on any atom is 0.305 e. The summed E-state index contributed by atoms with van der Waals surface area (Å²) in [4.78, 5) is 30.7. The van der Waals surface area contributed by atoms with Gasteiger partial charge in [-0.15, -0.1) is 0 Å². The number of aromatic nitrogens is 1. The number of hydrogen-bond donors (Lipinski definition) is 3. The van der Waals surface area contributed by atoms with E-state index < -0.39 is 12.0 Å². The Morgan fingerprint density at radius 3 is 2.64 bits per heavy atom. The van der Waals surface area contributed by atoms with Crippen molar-refractivity contribution < 1.29 is 14.7 Å². The number of carbonyl (C=O) groups is 2. The number of hydrogen-bond acceptors (Lipinski definition) is 6. The Labute approximate surface area is 230 Å². The van der Waals surface area contributed by atoms with Crippen LogP contribution in [0.4, 0.5) is 11.5 Å². The summed E-state index contributed by atoms with van der Waals surface area (Å²) < 4.78 is 0. The fourth-order valence-electron chi connectivity index (χ4n) is 5.14. The van der Waals surface area contributed by atoms with E-state index in [-0.39, 0.29) is 12.3 Å². The Hall–Kier alpha value is -3.91. The Balaban J connectivity index is 1.58. The third kappa shape index (κ3) is 6.95. The SMILES string of the molecule is CCCc1cc(CCc2ccc3c(n2)NCCC3)ccc1N(N)C(CC(=O)O)c1cccc(C(=O)N(C)C)c1. The van der Waals surface area contributed by atoms with Crippen LogP contribution in [0.5, 0.6) is 0 Å². The molecule has 4 N–H and O–H groups in total. The Morgan fingerprint density at radius 1 is 1.08 bits per heavy atom. The van der Waals surface area contributed by atoms with Crippen molar-refractivity contribution in [3.63, 3.8) is 0 Å². The number of carboxylic acid groups (broad SMARTS) is 1. The third-order valence-corrected chi connectivity index (χ3v) is 7.19. The lowest BCUT2D eigenvalue weighted by molar-refractivity contribution is -0.137. The van der Waals surface area contributed by atoms with Crippen LogP contribution in [0.2, 0.25) is 0 Å². The van der Waals surface area contributed by atoms with E-state index in [0.717, 1.165) is 67.8 Å². The van der Waals surface area contributed by atoms with Crippen molar-refractivity contribution >= 4 is 23.4 Å². The lowest BCUT2D eigenvalue weighted by Crippen LogP contribution is -2.37. The molecule has 3 aromatic rings. The van der Waals surface area contributed by atoms with Crippen LogP contribution in [-0.4, -0.2) is 47.5 Å². The minimum absolute atomic E-state index is 0.144. The van der Waals surface area contributed by atoms with Crippen LogP contribution >= 0.6 is 0 Å². The summed E-state index contributed by atoms with van der Waals surface area (Å²) in [5, 5.41) is 14.7. The fraction of sp³-hybridized carbons (Fsp3) is 0.387. The first-order valence-corrected chi connectivity index (χ1v) is 13.7. The average Bonchev–Trinajstić information content (AvgIpc) is 2.94. The molecule has 0 bridgehead atoms. The minimum Gasteiger partial charge on any atom is -0.481 e. The van der Waals surface area contributed by atoms with Gasteiger partial charge in [-0.25, -0.2) is 10.8 Å². The van der Waals surface area contributed by atoms with Gasteiger partial charge in [0.25, 0.3) is 5.91 Å². The van der Waals surface area contributed by atoms with Crippen LogP contribution in [0.15, 0.2) is 54.6 Å². The maximum atomic E-state index is 12.5. The molecule has 2 aromatic carbocycles. The number of benzene rings is 2. The molecule has 8 nitrogen and oxygen atoms in total. The van der Waals surface area contributed by atoms with Crippen LogP contribution in [0, 0.1) is 0 Å². The summed E-state index contributed by atoms with van der Waals surface area (Å²) in [5.74, 6) is 6.59. The first-order chi connectivity index (χ1) is 18.8. The van der Waals surface area contributed by atoms with Gasteiger partial charge in [-0.2, -0.15) is 0 Å². The van der Waals surface area contributed by atoms with E-state index in [0.29, 0.717) is 11.1 Å². The number of amides is 1. The molecule has 1 atom stereocenters. The van der Waals surface area contributed by atoms with Gasteiger partial charge in [-0.05, 0) is 78.6 Å². The van der Waals surface area contributed by atoms with E-state index in [4.69, 9.17) is 10.8 Å². The van der Waals surface area contributed by atoms with Crippen LogP contribution in [0.3, 0.4) is 0 Å². The number of pyridine rings is 1. The maximum absolute atomic E-state index is 12.5. The van der Waals surface area contributed by atoms with Crippen molar-refractivity contribution in [1.82, 2.24) is 9.88 Å². The highest BCUT2D eigenvalue weighted by Crippen LogP contribution is 2.32. The molecular weight excluding hydrogens is 490 g/mol. The Bertz CT molecular complexity index is 1320. The number of nitrogens with zero attached hydrogens (tertiary/aromatic N) is 3. The number of carboxylic acids is 1. The van der Waals surface area contributed by atoms with E-state index in [9.17, 15) is 14.7 Å². The molecule has 1 aliphatic heterocycles. The summed E-state index contributed by atoms with van der Waals surface area (Å²) in [6.45, 7) is 3.09. The van der Waals surface area contributed by atoms with Crippen molar-refractivity contribution in [3.05, 3.63) is 88.1 Å². The van der Waals surface area contributed by atoms with E-state index in [1.54, 1.807) is 37.3 Å². The molecule has 1 unspecified atom stereocenters. The largest absolute Gasteiger partial charge is 0.481 e. The number of fused-ring (bicyclic) bond motifs is 1. The summed E-state index contributed by atoms with van der Waals surface area (Å²) in [6, 6.07) is 17.0. The molecule has 0 aliphatic carbocycles. The molecule has 4 rings (SSSR count). The first kappa shape index (κ1) is 28.1.